The second kappa shape index (κ2) is 5.26. The van der Waals surface area contributed by atoms with E-state index in [1.54, 1.807) is 6.07 Å². The van der Waals surface area contributed by atoms with E-state index in [1.165, 1.54) is 0 Å². The van der Waals surface area contributed by atoms with E-state index in [0.29, 0.717) is 22.6 Å². The average Bonchev–Trinajstić information content (AvgIpc) is 2.77. The van der Waals surface area contributed by atoms with Crippen molar-refractivity contribution in [1.29, 1.82) is 0 Å². The van der Waals surface area contributed by atoms with Gasteiger partial charge in [-0.2, -0.15) is 0 Å². The predicted octanol–water partition coefficient (Wildman–Crippen LogP) is 3.28. The molecule has 1 aliphatic rings. The predicted molar refractivity (Wildman–Crippen MR) is 80.6 cm³/mol. The Morgan fingerprint density at radius 1 is 1.35 bits per heavy atom. The lowest BCUT2D eigenvalue weighted by molar-refractivity contribution is 0.169. The summed E-state index contributed by atoms with van der Waals surface area (Å²) in [7, 11) is 0. The summed E-state index contributed by atoms with van der Waals surface area (Å²) in [5, 5.41) is 10.3. The maximum Gasteiger partial charge on any atom is 0.158 e. The highest BCUT2D eigenvalue weighted by molar-refractivity contribution is 6.33. The van der Waals surface area contributed by atoms with Gasteiger partial charge < -0.3 is 10.0 Å². The number of pyridine rings is 1. The third-order valence-electron chi connectivity index (χ3n) is 4.25. The minimum absolute atomic E-state index is 0.191. The highest BCUT2D eigenvalue weighted by Crippen LogP contribution is 2.33. The normalized spacial score (nSPS) is 18.2. The molecule has 5 heteroatoms. The maximum atomic E-state index is 9.93. The van der Waals surface area contributed by atoms with Crippen molar-refractivity contribution in [2.45, 2.75) is 38.6 Å². The first-order valence-electron chi connectivity index (χ1n) is 7.17. The SMILES string of the molecule is CC(C)N1CCC(c2nc(Cl)c3c(O)cccn23)CC1. The summed E-state index contributed by atoms with van der Waals surface area (Å²) in [6.07, 6.45) is 4.10. The molecule has 20 heavy (non-hydrogen) atoms. The van der Waals surface area contributed by atoms with E-state index in [0.717, 1.165) is 31.8 Å². The summed E-state index contributed by atoms with van der Waals surface area (Å²) >= 11 is 6.18. The second-order valence-electron chi connectivity index (χ2n) is 5.78. The molecule has 4 nitrogen and oxygen atoms in total. The monoisotopic (exact) mass is 293 g/mol. The summed E-state index contributed by atoms with van der Waals surface area (Å²) in [6.45, 7) is 6.65. The molecule has 0 aliphatic carbocycles. The first kappa shape index (κ1) is 13.7. The Bertz CT molecular complexity index is 615. The molecule has 0 atom stereocenters. The number of hydrogen-bond acceptors (Lipinski definition) is 3. The van der Waals surface area contributed by atoms with Crippen LogP contribution in [0.3, 0.4) is 0 Å². The van der Waals surface area contributed by atoms with Crippen molar-refractivity contribution in [2.75, 3.05) is 13.1 Å². The molecule has 0 bridgehead atoms. The summed E-state index contributed by atoms with van der Waals surface area (Å²) < 4.78 is 1.94. The summed E-state index contributed by atoms with van der Waals surface area (Å²) in [6, 6.07) is 4.07. The number of fused-ring (bicyclic) bond motifs is 1. The van der Waals surface area contributed by atoms with E-state index < -0.39 is 0 Å². The molecule has 1 fully saturated rings. The molecule has 3 heterocycles. The molecule has 108 valence electrons. The van der Waals surface area contributed by atoms with Crippen LogP contribution in [0.5, 0.6) is 5.75 Å². The smallest absolute Gasteiger partial charge is 0.158 e. The van der Waals surface area contributed by atoms with Crippen LogP contribution < -0.4 is 0 Å². The largest absolute Gasteiger partial charge is 0.506 e. The fraction of sp³-hybridized carbons (Fsp3) is 0.533. The third kappa shape index (κ3) is 2.27. The number of hydrogen-bond donors (Lipinski definition) is 1. The minimum Gasteiger partial charge on any atom is -0.506 e. The number of imidazole rings is 1. The van der Waals surface area contributed by atoms with Gasteiger partial charge in [0, 0.05) is 18.2 Å². The molecule has 0 unspecified atom stereocenters. The van der Waals surface area contributed by atoms with Crippen molar-refractivity contribution >= 4 is 17.1 Å². The van der Waals surface area contributed by atoms with Crippen LogP contribution >= 0.6 is 11.6 Å². The molecule has 0 spiro atoms. The van der Waals surface area contributed by atoms with Crippen LogP contribution in [-0.4, -0.2) is 38.5 Å². The number of aromatic nitrogens is 2. The summed E-state index contributed by atoms with van der Waals surface area (Å²) in [5.41, 5.74) is 0.621. The molecule has 2 aromatic rings. The van der Waals surface area contributed by atoms with Crippen LogP contribution in [0.25, 0.3) is 5.52 Å². The Balaban J connectivity index is 1.91. The van der Waals surface area contributed by atoms with E-state index in [1.807, 2.05) is 16.7 Å². The Hall–Kier alpha value is -1.26. The molecule has 2 aromatic heterocycles. The number of halogens is 1. The van der Waals surface area contributed by atoms with Gasteiger partial charge in [-0.1, -0.05) is 11.6 Å². The molecular weight excluding hydrogens is 274 g/mol. The first-order valence-corrected chi connectivity index (χ1v) is 7.55. The Labute approximate surface area is 124 Å². The number of piperidine rings is 1. The van der Waals surface area contributed by atoms with Crippen LogP contribution in [0.2, 0.25) is 5.15 Å². The first-order chi connectivity index (χ1) is 9.58. The lowest BCUT2D eigenvalue weighted by atomic mass is 9.95. The third-order valence-corrected chi connectivity index (χ3v) is 4.52. The van der Waals surface area contributed by atoms with Crippen molar-refractivity contribution in [1.82, 2.24) is 14.3 Å². The molecule has 0 saturated carbocycles. The van der Waals surface area contributed by atoms with Gasteiger partial charge in [0.1, 0.15) is 17.1 Å². The van der Waals surface area contributed by atoms with Gasteiger partial charge in [0.25, 0.3) is 0 Å². The maximum absolute atomic E-state index is 9.93. The second-order valence-corrected chi connectivity index (χ2v) is 6.13. The standard InChI is InChI=1S/C15H20ClN3O/c1-10(2)18-8-5-11(6-9-18)15-17-14(16)13-12(20)4-3-7-19(13)15/h3-4,7,10-11,20H,5-6,8-9H2,1-2H3. The van der Waals surface area contributed by atoms with Gasteiger partial charge in [-0.15, -0.1) is 0 Å². The fourth-order valence-electron chi connectivity index (χ4n) is 3.06. The lowest BCUT2D eigenvalue weighted by Gasteiger charge is -2.34. The van der Waals surface area contributed by atoms with Gasteiger partial charge in [-0.05, 0) is 51.9 Å². The zero-order valence-electron chi connectivity index (χ0n) is 11.9. The number of likely N-dealkylation sites (tertiary alicyclic amines) is 1. The topological polar surface area (TPSA) is 40.8 Å². The van der Waals surface area contributed by atoms with Crippen LogP contribution in [0.4, 0.5) is 0 Å². The van der Waals surface area contributed by atoms with E-state index in [2.05, 4.69) is 23.7 Å². The average molecular weight is 294 g/mol. The molecule has 1 N–H and O–H groups in total. The van der Waals surface area contributed by atoms with E-state index >= 15 is 0 Å². The van der Waals surface area contributed by atoms with Gasteiger partial charge in [0.15, 0.2) is 5.15 Å². The molecule has 0 aromatic carbocycles. The van der Waals surface area contributed by atoms with Crippen molar-refractivity contribution in [3.63, 3.8) is 0 Å². The highest BCUT2D eigenvalue weighted by Gasteiger charge is 2.26. The Morgan fingerprint density at radius 3 is 2.70 bits per heavy atom. The van der Waals surface area contributed by atoms with E-state index in [4.69, 9.17) is 11.6 Å². The van der Waals surface area contributed by atoms with E-state index in [9.17, 15) is 5.11 Å². The van der Waals surface area contributed by atoms with Crippen LogP contribution in [0.1, 0.15) is 38.4 Å². The zero-order valence-corrected chi connectivity index (χ0v) is 12.6. The molecule has 3 rings (SSSR count). The summed E-state index contributed by atoms with van der Waals surface area (Å²) in [5.74, 6) is 1.58. The van der Waals surface area contributed by atoms with Crippen molar-refractivity contribution in [3.05, 3.63) is 29.3 Å². The van der Waals surface area contributed by atoms with Gasteiger partial charge in [-0.3, -0.25) is 4.40 Å². The van der Waals surface area contributed by atoms with Crippen molar-refractivity contribution in [3.8, 4) is 5.75 Å². The van der Waals surface area contributed by atoms with E-state index in [-0.39, 0.29) is 5.75 Å². The van der Waals surface area contributed by atoms with Gasteiger partial charge in [0.2, 0.25) is 0 Å². The zero-order chi connectivity index (χ0) is 14.3. The molecular formula is C15H20ClN3O. The summed E-state index contributed by atoms with van der Waals surface area (Å²) in [4.78, 5) is 6.99. The number of aromatic hydroxyl groups is 1. The van der Waals surface area contributed by atoms with Gasteiger partial charge in [0.05, 0.1) is 0 Å². The Morgan fingerprint density at radius 2 is 2.05 bits per heavy atom. The van der Waals surface area contributed by atoms with Crippen molar-refractivity contribution in [2.24, 2.45) is 0 Å². The minimum atomic E-state index is 0.191. The molecule has 1 aliphatic heterocycles. The molecule has 0 amide bonds. The molecule has 0 radical (unpaired) electrons. The van der Waals surface area contributed by atoms with Crippen LogP contribution in [0.15, 0.2) is 18.3 Å². The molecule has 1 saturated heterocycles. The van der Waals surface area contributed by atoms with Crippen molar-refractivity contribution < 1.29 is 5.11 Å². The number of nitrogens with zero attached hydrogens (tertiary/aromatic N) is 3. The fourth-order valence-corrected chi connectivity index (χ4v) is 3.34. The Kier molecular flexibility index (Phi) is 3.61. The van der Waals surface area contributed by atoms with Crippen LogP contribution in [-0.2, 0) is 0 Å². The lowest BCUT2D eigenvalue weighted by Crippen LogP contribution is -2.38. The van der Waals surface area contributed by atoms with Gasteiger partial charge in [-0.25, -0.2) is 4.98 Å². The number of rotatable bonds is 2. The highest BCUT2D eigenvalue weighted by atomic mass is 35.5. The van der Waals surface area contributed by atoms with Crippen LogP contribution in [0, 0.1) is 0 Å². The quantitative estimate of drug-likeness (QED) is 0.924. The van der Waals surface area contributed by atoms with Gasteiger partial charge >= 0.3 is 0 Å².